The summed E-state index contributed by atoms with van der Waals surface area (Å²) in [6.45, 7) is 1.73. The first kappa shape index (κ1) is 13.5. The van der Waals surface area contributed by atoms with Crippen LogP contribution in [-0.2, 0) is 0 Å². The van der Waals surface area contributed by atoms with Crippen LogP contribution in [0.3, 0.4) is 0 Å². The molecule has 0 bridgehead atoms. The molecule has 0 aromatic heterocycles. The van der Waals surface area contributed by atoms with Crippen molar-refractivity contribution in [3.05, 3.63) is 64.7 Å². The molecule has 1 atom stereocenters. The zero-order valence-corrected chi connectivity index (χ0v) is 10.7. The summed E-state index contributed by atoms with van der Waals surface area (Å²) in [6, 6.07) is 8.55. The van der Waals surface area contributed by atoms with E-state index < -0.39 is 17.7 Å². The molecule has 0 saturated carbocycles. The first-order valence-corrected chi connectivity index (χ1v) is 5.81. The van der Waals surface area contributed by atoms with Crippen LogP contribution < -0.4 is 4.74 Å². The zero-order chi connectivity index (χ0) is 14.0. The molecule has 2 aromatic carbocycles. The third kappa shape index (κ3) is 2.58. The highest BCUT2D eigenvalue weighted by atomic mass is 19.1. The van der Waals surface area contributed by atoms with E-state index in [-0.39, 0.29) is 11.3 Å². The van der Waals surface area contributed by atoms with Gasteiger partial charge in [-0.1, -0.05) is 18.2 Å². The number of hydrogen-bond donors (Lipinski definition) is 1. The van der Waals surface area contributed by atoms with Gasteiger partial charge in [0.25, 0.3) is 0 Å². The van der Waals surface area contributed by atoms with Crippen LogP contribution in [0.15, 0.2) is 36.4 Å². The zero-order valence-electron chi connectivity index (χ0n) is 10.7. The molecule has 0 saturated heterocycles. The summed E-state index contributed by atoms with van der Waals surface area (Å²) in [5.74, 6) is -1.06. The number of aliphatic hydroxyl groups is 1. The topological polar surface area (TPSA) is 29.5 Å². The molecule has 0 radical (unpaired) electrons. The molecule has 2 aromatic rings. The number of rotatable bonds is 3. The van der Waals surface area contributed by atoms with Crippen LogP contribution >= 0.6 is 0 Å². The van der Waals surface area contributed by atoms with Crippen molar-refractivity contribution in [1.29, 1.82) is 0 Å². The number of methoxy groups -OCH3 is 1. The molecule has 0 spiro atoms. The number of halogens is 2. The van der Waals surface area contributed by atoms with E-state index in [2.05, 4.69) is 0 Å². The summed E-state index contributed by atoms with van der Waals surface area (Å²) in [5.41, 5.74) is 1.09. The fourth-order valence-electron chi connectivity index (χ4n) is 1.97. The maximum atomic E-state index is 14.1. The maximum Gasteiger partial charge on any atom is 0.171 e. The van der Waals surface area contributed by atoms with Crippen LogP contribution in [0, 0.1) is 18.6 Å². The van der Waals surface area contributed by atoms with Crippen molar-refractivity contribution in [2.45, 2.75) is 13.0 Å². The highest BCUT2D eigenvalue weighted by Crippen LogP contribution is 2.30. The average molecular weight is 264 g/mol. The summed E-state index contributed by atoms with van der Waals surface area (Å²) in [6.07, 6.45) is -1.23. The third-order valence-electron chi connectivity index (χ3n) is 3.04. The largest absolute Gasteiger partial charge is 0.494 e. The van der Waals surface area contributed by atoms with Gasteiger partial charge in [-0.15, -0.1) is 0 Å². The Labute approximate surface area is 110 Å². The van der Waals surface area contributed by atoms with Gasteiger partial charge in [0.05, 0.1) is 7.11 Å². The lowest BCUT2D eigenvalue weighted by Crippen LogP contribution is -2.06. The minimum absolute atomic E-state index is 0.0469. The Morgan fingerprint density at radius 3 is 2.53 bits per heavy atom. The lowest BCUT2D eigenvalue weighted by atomic mass is 9.97. The van der Waals surface area contributed by atoms with E-state index in [1.807, 2.05) is 0 Å². The van der Waals surface area contributed by atoms with Crippen LogP contribution in [0.1, 0.15) is 22.8 Å². The Bertz CT molecular complexity index is 597. The molecule has 0 amide bonds. The highest BCUT2D eigenvalue weighted by molar-refractivity contribution is 5.39. The van der Waals surface area contributed by atoms with Crippen molar-refractivity contribution in [2.75, 3.05) is 7.11 Å². The normalized spacial score (nSPS) is 12.3. The molecule has 0 aliphatic carbocycles. The van der Waals surface area contributed by atoms with Crippen molar-refractivity contribution in [3.8, 4) is 5.75 Å². The third-order valence-corrected chi connectivity index (χ3v) is 3.04. The standard InChI is InChI=1S/C15H14F2O2/c1-9-6-7-10(16)8-12(9)15(18)11-4-3-5-13(19-2)14(11)17/h3-8,15,18H,1-2H3. The summed E-state index contributed by atoms with van der Waals surface area (Å²) in [5, 5.41) is 10.2. The Kier molecular flexibility index (Phi) is 3.81. The fourth-order valence-corrected chi connectivity index (χ4v) is 1.97. The lowest BCUT2D eigenvalue weighted by Gasteiger charge is -2.16. The predicted octanol–water partition coefficient (Wildman–Crippen LogP) is 3.36. The van der Waals surface area contributed by atoms with E-state index in [1.165, 1.54) is 31.4 Å². The predicted molar refractivity (Wildman–Crippen MR) is 68.2 cm³/mol. The first-order valence-electron chi connectivity index (χ1n) is 5.81. The van der Waals surface area contributed by atoms with Gasteiger partial charge in [0.15, 0.2) is 11.6 Å². The quantitative estimate of drug-likeness (QED) is 0.921. The molecule has 1 N–H and O–H groups in total. The minimum atomic E-state index is -1.23. The van der Waals surface area contributed by atoms with Crippen molar-refractivity contribution in [1.82, 2.24) is 0 Å². The number of aliphatic hydroxyl groups excluding tert-OH is 1. The van der Waals surface area contributed by atoms with Crippen molar-refractivity contribution < 1.29 is 18.6 Å². The summed E-state index contributed by atoms with van der Waals surface area (Å²) < 4.78 is 32.2. The molecule has 100 valence electrons. The second kappa shape index (κ2) is 5.36. The maximum absolute atomic E-state index is 14.1. The van der Waals surface area contributed by atoms with Gasteiger partial charge in [0, 0.05) is 5.56 Å². The van der Waals surface area contributed by atoms with Crippen LogP contribution in [0.4, 0.5) is 8.78 Å². The van der Waals surface area contributed by atoms with Crippen LogP contribution in [0.5, 0.6) is 5.75 Å². The van der Waals surface area contributed by atoms with Crippen molar-refractivity contribution in [3.63, 3.8) is 0 Å². The molecule has 2 nitrogen and oxygen atoms in total. The van der Waals surface area contributed by atoms with Gasteiger partial charge in [-0.05, 0) is 36.2 Å². The molecule has 0 aliphatic rings. The van der Waals surface area contributed by atoms with Gasteiger partial charge in [0.2, 0.25) is 0 Å². The Balaban J connectivity index is 2.50. The van der Waals surface area contributed by atoms with Gasteiger partial charge in [-0.2, -0.15) is 0 Å². The van der Waals surface area contributed by atoms with Gasteiger partial charge in [-0.25, -0.2) is 8.78 Å². The molecule has 2 rings (SSSR count). The number of ether oxygens (including phenoxy) is 1. The second-order valence-corrected chi connectivity index (χ2v) is 4.27. The molecule has 0 aliphatic heterocycles. The SMILES string of the molecule is COc1cccc(C(O)c2cc(F)ccc2C)c1F. The Hall–Kier alpha value is -1.94. The molecule has 1 unspecified atom stereocenters. The van der Waals surface area contributed by atoms with Crippen molar-refractivity contribution >= 4 is 0 Å². The van der Waals surface area contributed by atoms with Gasteiger partial charge in [0.1, 0.15) is 11.9 Å². The molecule has 0 fully saturated rings. The van der Waals surface area contributed by atoms with E-state index in [9.17, 15) is 13.9 Å². The van der Waals surface area contributed by atoms with Crippen LogP contribution in [0.25, 0.3) is 0 Å². The van der Waals surface area contributed by atoms with E-state index in [0.29, 0.717) is 11.1 Å². The molecular weight excluding hydrogens is 250 g/mol. The summed E-state index contributed by atoms with van der Waals surface area (Å²) in [7, 11) is 1.35. The second-order valence-electron chi connectivity index (χ2n) is 4.27. The van der Waals surface area contributed by atoms with Crippen LogP contribution in [-0.4, -0.2) is 12.2 Å². The molecular formula is C15H14F2O2. The van der Waals surface area contributed by atoms with E-state index in [4.69, 9.17) is 4.74 Å². The first-order chi connectivity index (χ1) is 9.04. The van der Waals surface area contributed by atoms with E-state index in [0.717, 1.165) is 0 Å². The summed E-state index contributed by atoms with van der Waals surface area (Å²) >= 11 is 0. The molecule has 4 heteroatoms. The molecule has 19 heavy (non-hydrogen) atoms. The minimum Gasteiger partial charge on any atom is -0.494 e. The number of aryl methyl sites for hydroxylation is 1. The Morgan fingerprint density at radius 2 is 1.84 bits per heavy atom. The van der Waals surface area contributed by atoms with Crippen molar-refractivity contribution in [2.24, 2.45) is 0 Å². The van der Waals surface area contributed by atoms with E-state index in [1.54, 1.807) is 19.1 Å². The average Bonchev–Trinajstić information content (AvgIpc) is 2.41. The fraction of sp³-hybridized carbons (Fsp3) is 0.200. The van der Waals surface area contributed by atoms with Gasteiger partial charge >= 0.3 is 0 Å². The Morgan fingerprint density at radius 1 is 1.11 bits per heavy atom. The smallest absolute Gasteiger partial charge is 0.171 e. The van der Waals surface area contributed by atoms with E-state index >= 15 is 0 Å². The summed E-state index contributed by atoms with van der Waals surface area (Å²) in [4.78, 5) is 0. The highest BCUT2D eigenvalue weighted by Gasteiger charge is 2.19. The monoisotopic (exact) mass is 264 g/mol. The number of benzene rings is 2. The number of hydrogen-bond acceptors (Lipinski definition) is 2. The van der Waals surface area contributed by atoms with Gasteiger partial charge in [-0.3, -0.25) is 0 Å². The lowest BCUT2D eigenvalue weighted by molar-refractivity contribution is 0.212. The molecule has 0 heterocycles. The van der Waals surface area contributed by atoms with Crippen LogP contribution in [0.2, 0.25) is 0 Å². The van der Waals surface area contributed by atoms with Gasteiger partial charge < -0.3 is 9.84 Å².